The number of benzene rings is 2. The summed E-state index contributed by atoms with van der Waals surface area (Å²) in [6, 6.07) is 13.1. The lowest BCUT2D eigenvalue weighted by Gasteiger charge is -2.13. The molecule has 0 aliphatic rings. The Hall–Kier alpha value is -1.26. The van der Waals surface area contributed by atoms with Gasteiger partial charge >= 0.3 is 0 Å². The van der Waals surface area contributed by atoms with Crippen molar-refractivity contribution in [1.29, 1.82) is 0 Å². The van der Waals surface area contributed by atoms with Gasteiger partial charge in [-0.15, -0.1) is 0 Å². The molecule has 0 heterocycles. The van der Waals surface area contributed by atoms with Crippen LogP contribution in [0.25, 0.3) is 0 Å². The third-order valence-corrected chi connectivity index (χ3v) is 3.38. The second-order valence-corrected chi connectivity index (χ2v) is 5.44. The molecule has 0 bridgehead atoms. The minimum Gasteiger partial charge on any atom is -0.489 e. The smallest absolute Gasteiger partial charge is 0.124 e. The van der Waals surface area contributed by atoms with Crippen LogP contribution in [0.1, 0.15) is 11.1 Å². The summed E-state index contributed by atoms with van der Waals surface area (Å²) in [4.78, 5) is 0. The fraction of sp³-hybridized carbons (Fsp3) is 0.250. The van der Waals surface area contributed by atoms with E-state index < -0.39 is 0 Å². The summed E-state index contributed by atoms with van der Waals surface area (Å²) in [5.41, 5.74) is 1.96. The zero-order valence-corrected chi connectivity index (χ0v) is 13.0. The van der Waals surface area contributed by atoms with Crippen LogP contribution in [0.3, 0.4) is 0 Å². The topological polar surface area (TPSA) is 41.5 Å². The molecule has 0 radical (unpaired) electrons. The molecule has 2 aromatic rings. The number of hydrogen-bond donors (Lipinski definition) is 2. The number of aliphatic hydroxyl groups is 1. The highest BCUT2D eigenvalue weighted by atomic mass is 35.5. The molecule has 0 aromatic heterocycles. The highest BCUT2D eigenvalue weighted by molar-refractivity contribution is 6.30. The number of ether oxygens (including phenoxy) is 1. The Balaban J connectivity index is 2.04. The summed E-state index contributed by atoms with van der Waals surface area (Å²) < 4.78 is 5.84. The van der Waals surface area contributed by atoms with Gasteiger partial charge in [-0.3, -0.25) is 0 Å². The molecule has 2 rings (SSSR count). The van der Waals surface area contributed by atoms with Crippen molar-refractivity contribution in [3.63, 3.8) is 0 Å². The summed E-state index contributed by atoms with van der Waals surface area (Å²) >= 11 is 12.0. The van der Waals surface area contributed by atoms with Gasteiger partial charge in [0, 0.05) is 28.7 Å². The van der Waals surface area contributed by atoms with E-state index in [1.54, 1.807) is 6.07 Å². The number of hydrogen-bond acceptors (Lipinski definition) is 3. The van der Waals surface area contributed by atoms with Crippen molar-refractivity contribution in [2.75, 3.05) is 13.2 Å². The van der Waals surface area contributed by atoms with Crippen molar-refractivity contribution in [2.24, 2.45) is 0 Å². The first kappa shape index (κ1) is 16.1. The quantitative estimate of drug-likeness (QED) is 0.763. The molecule has 0 saturated heterocycles. The van der Waals surface area contributed by atoms with E-state index in [2.05, 4.69) is 5.32 Å². The minimum atomic E-state index is 0.0965. The summed E-state index contributed by atoms with van der Waals surface area (Å²) in [5, 5.41) is 13.3. The fourth-order valence-electron chi connectivity index (χ4n) is 1.92. The monoisotopic (exact) mass is 325 g/mol. The molecule has 2 aromatic carbocycles. The van der Waals surface area contributed by atoms with E-state index in [0.29, 0.717) is 29.7 Å². The first-order valence-corrected chi connectivity index (χ1v) is 7.42. The molecule has 0 unspecified atom stereocenters. The van der Waals surface area contributed by atoms with E-state index in [9.17, 15) is 0 Å². The number of rotatable bonds is 7. The van der Waals surface area contributed by atoms with E-state index >= 15 is 0 Å². The van der Waals surface area contributed by atoms with E-state index in [1.807, 2.05) is 36.4 Å². The highest BCUT2D eigenvalue weighted by Gasteiger charge is 2.05. The average molecular weight is 326 g/mol. The maximum atomic E-state index is 8.81. The zero-order valence-electron chi connectivity index (χ0n) is 11.5. The van der Waals surface area contributed by atoms with Crippen LogP contribution in [-0.4, -0.2) is 18.3 Å². The zero-order chi connectivity index (χ0) is 15.1. The molecule has 2 N–H and O–H groups in total. The highest BCUT2D eigenvalue weighted by Crippen LogP contribution is 2.24. The molecule has 0 aliphatic heterocycles. The molecule has 112 valence electrons. The minimum absolute atomic E-state index is 0.0965. The van der Waals surface area contributed by atoms with Crippen LogP contribution < -0.4 is 10.1 Å². The van der Waals surface area contributed by atoms with Crippen molar-refractivity contribution in [1.82, 2.24) is 5.32 Å². The lowest BCUT2D eigenvalue weighted by molar-refractivity contribution is 0.288. The Kier molecular flexibility index (Phi) is 6.33. The maximum absolute atomic E-state index is 8.81. The summed E-state index contributed by atoms with van der Waals surface area (Å²) in [6.07, 6.45) is 0. The Morgan fingerprint density at radius 3 is 2.62 bits per heavy atom. The van der Waals surface area contributed by atoms with Crippen LogP contribution in [-0.2, 0) is 13.2 Å². The molecule has 0 aliphatic carbocycles. The predicted octanol–water partition coefficient (Wildman–Crippen LogP) is 3.65. The molecule has 0 saturated carbocycles. The van der Waals surface area contributed by atoms with E-state index in [1.165, 1.54) is 0 Å². The van der Waals surface area contributed by atoms with Crippen LogP contribution in [0.4, 0.5) is 0 Å². The van der Waals surface area contributed by atoms with Crippen molar-refractivity contribution < 1.29 is 9.84 Å². The lowest BCUT2D eigenvalue weighted by Crippen LogP contribution is -2.18. The van der Waals surface area contributed by atoms with Crippen LogP contribution >= 0.6 is 23.2 Å². The third-order valence-electron chi connectivity index (χ3n) is 2.91. The van der Waals surface area contributed by atoms with Crippen molar-refractivity contribution in [3.05, 3.63) is 63.6 Å². The molecule has 0 amide bonds. The van der Waals surface area contributed by atoms with Gasteiger partial charge < -0.3 is 15.2 Å². The van der Waals surface area contributed by atoms with Crippen LogP contribution in [0.15, 0.2) is 42.5 Å². The first-order chi connectivity index (χ1) is 10.2. The van der Waals surface area contributed by atoms with E-state index in [4.69, 9.17) is 33.0 Å². The average Bonchev–Trinajstić information content (AvgIpc) is 2.47. The standard InChI is InChI=1S/C16H17Cl2NO2/c17-14-3-1-2-12(8-14)11-21-16-5-4-15(18)9-13(16)10-19-6-7-20/h1-5,8-9,19-20H,6-7,10-11H2. The molecule has 3 nitrogen and oxygen atoms in total. The van der Waals surface area contributed by atoms with Gasteiger partial charge in [0.05, 0.1) is 6.61 Å². The second-order valence-electron chi connectivity index (χ2n) is 4.57. The first-order valence-electron chi connectivity index (χ1n) is 6.66. The van der Waals surface area contributed by atoms with Crippen LogP contribution in [0, 0.1) is 0 Å². The van der Waals surface area contributed by atoms with Gasteiger partial charge in [0.15, 0.2) is 0 Å². The molecule has 5 heteroatoms. The number of halogens is 2. The molecular formula is C16H17Cl2NO2. The van der Waals surface area contributed by atoms with Crippen molar-refractivity contribution >= 4 is 23.2 Å². The summed E-state index contributed by atoms with van der Waals surface area (Å²) in [7, 11) is 0. The molecule has 0 spiro atoms. The van der Waals surface area contributed by atoms with E-state index in [-0.39, 0.29) is 6.61 Å². The van der Waals surface area contributed by atoms with Crippen molar-refractivity contribution in [2.45, 2.75) is 13.2 Å². The van der Waals surface area contributed by atoms with Gasteiger partial charge in [0.25, 0.3) is 0 Å². The molecular weight excluding hydrogens is 309 g/mol. The SMILES string of the molecule is OCCNCc1cc(Cl)ccc1OCc1cccc(Cl)c1. The Morgan fingerprint density at radius 2 is 1.86 bits per heavy atom. The van der Waals surface area contributed by atoms with E-state index in [0.717, 1.165) is 16.9 Å². The largest absolute Gasteiger partial charge is 0.489 e. The van der Waals surface area contributed by atoms with Crippen LogP contribution in [0.2, 0.25) is 10.0 Å². The predicted molar refractivity (Wildman–Crippen MR) is 86.0 cm³/mol. The van der Waals surface area contributed by atoms with Gasteiger partial charge in [-0.1, -0.05) is 35.3 Å². The molecule has 0 fully saturated rings. The summed E-state index contributed by atoms with van der Waals surface area (Å²) in [5.74, 6) is 0.768. The van der Waals surface area contributed by atoms with Crippen LogP contribution in [0.5, 0.6) is 5.75 Å². The lowest BCUT2D eigenvalue weighted by atomic mass is 10.2. The Morgan fingerprint density at radius 1 is 1.05 bits per heavy atom. The normalized spacial score (nSPS) is 10.6. The van der Waals surface area contributed by atoms with Gasteiger partial charge in [-0.2, -0.15) is 0 Å². The Labute approximate surface area is 134 Å². The molecule has 21 heavy (non-hydrogen) atoms. The summed E-state index contributed by atoms with van der Waals surface area (Å²) in [6.45, 7) is 1.65. The fourth-order valence-corrected chi connectivity index (χ4v) is 2.32. The maximum Gasteiger partial charge on any atom is 0.124 e. The van der Waals surface area contributed by atoms with Gasteiger partial charge in [-0.25, -0.2) is 0 Å². The molecule has 0 atom stereocenters. The van der Waals surface area contributed by atoms with Crippen molar-refractivity contribution in [3.8, 4) is 5.75 Å². The number of nitrogens with one attached hydrogen (secondary N) is 1. The van der Waals surface area contributed by atoms with Gasteiger partial charge in [0.2, 0.25) is 0 Å². The van der Waals surface area contributed by atoms with Gasteiger partial charge in [0.1, 0.15) is 12.4 Å². The number of aliphatic hydroxyl groups excluding tert-OH is 1. The second kappa shape index (κ2) is 8.25. The van der Waals surface area contributed by atoms with Gasteiger partial charge in [-0.05, 0) is 35.9 Å². The Bertz CT molecular complexity index is 590. The third kappa shape index (κ3) is 5.21.